The van der Waals surface area contributed by atoms with Crippen molar-refractivity contribution in [2.75, 3.05) is 19.8 Å². The van der Waals surface area contributed by atoms with Gasteiger partial charge in [0.25, 0.3) is 0 Å². The Hall–Kier alpha value is -0.160. The summed E-state index contributed by atoms with van der Waals surface area (Å²) in [5.74, 6) is -0.479. The molecule has 0 radical (unpaired) electrons. The van der Waals surface area contributed by atoms with Crippen LogP contribution < -0.4 is 0 Å². The van der Waals surface area contributed by atoms with Crippen LogP contribution in [0.15, 0.2) is 0 Å². The molecule has 3 fully saturated rings. The van der Waals surface area contributed by atoms with Crippen molar-refractivity contribution >= 4 is 0 Å². The van der Waals surface area contributed by atoms with Crippen molar-refractivity contribution in [1.29, 1.82) is 0 Å². The van der Waals surface area contributed by atoms with Crippen molar-refractivity contribution in [3.8, 4) is 0 Å². The Morgan fingerprint density at radius 3 is 2.19 bits per heavy atom. The van der Waals surface area contributed by atoms with Gasteiger partial charge in [0.05, 0.1) is 19.8 Å². The van der Waals surface area contributed by atoms with Crippen molar-refractivity contribution in [3.63, 3.8) is 0 Å². The lowest BCUT2D eigenvalue weighted by molar-refractivity contribution is -0.205. The van der Waals surface area contributed by atoms with E-state index in [-0.39, 0.29) is 17.6 Å². The largest absolute Gasteiger partial charge is 0.393 e. The maximum atomic E-state index is 9.62. The van der Waals surface area contributed by atoms with E-state index in [1.54, 1.807) is 0 Å². The second-order valence-corrected chi connectivity index (χ2v) is 6.16. The van der Waals surface area contributed by atoms with Gasteiger partial charge in [-0.15, -0.1) is 0 Å². The van der Waals surface area contributed by atoms with Crippen LogP contribution >= 0.6 is 0 Å². The second kappa shape index (κ2) is 2.80. The number of aliphatic hydroxyl groups is 1. The number of rotatable bonds is 1. The van der Waals surface area contributed by atoms with Crippen LogP contribution in [0.2, 0.25) is 0 Å². The van der Waals surface area contributed by atoms with E-state index in [1.165, 1.54) is 0 Å². The average molecular weight is 228 g/mol. The summed E-state index contributed by atoms with van der Waals surface area (Å²) in [5.41, 5.74) is -0.826. The maximum Gasteiger partial charge on any atom is 0.171 e. The fraction of sp³-hybridized carbons (Fsp3) is 1.00. The monoisotopic (exact) mass is 228 g/mol. The molecule has 1 N–H and O–H groups in total. The van der Waals surface area contributed by atoms with Gasteiger partial charge in [-0.2, -0.15) is 0 Å². The zero-order valence-electron chi connectivity index (χ0n) is 10.2. The van der Waals surface area contributed by atoms with Gasteiger partial charge >= 0.3 is 0 Å². The molecule has 1 aliphatic carbocycles. The molecule has 2 aliphatic heterocycles. The van der Waals surface area contributed by atoms with Gasteiger partial charge in [0, 0.05) is 18.3 Å². The normalized spacial score (nSPS) is 48.0. The summed E-state index contributed by atoms with van der Waals surface area (Å²) in [6.45, 7) is 7.71. The molecule has 0 aromatic rings. The number of epoxide rings is 1. The molecular formula is C12H20O4. The fourth-order valence-corrected chi connectivity index (χ4v) is 3.90. The van der Waals surface area contributed by atoms with Crippen molar-refractivity contribution in [2.24, 2.45) is 5.41 Å². The summed E-state index contributed by atoms with van der Waals surface area (Å²) >= 11 is 0. The van der Waals surface area contributed by atoms with Gasteiger partial charge in [0.2, 0.25) is 0 Å². The predicted molar refractivity (Wildman–Crippen MR) is 57.0 cm³/mol. The molecule has 92 valence electrons. The van der Waals surface area contributed by atoms with Gasteiger partial charge in [0.15, 0.2) is 5.79 Å². The van der Waals surface area contributed by atoms with Crippen LogP contribution in [-0.4, -0.2) is 41.9 Å². The van der Waals surface area contributed by atoms with E-state index in [4.69, 9.17) is 14.2 Å². The standard InChI is InChI=1S/C12H20O4/c1-9(2)6-11(14-4-5-15-11)7-10(3)12(9,8-13)16-10/h13H,4-8H2,1-3H3/t10-,12+/m0/s1. The molecule has 0 unspecified atom stereocenters. The highest BCUT2D eigenvalue weighted by atomic mass is 16.7. The zero-order valence-corrected chi connectivity index (χ0v) is 10.2. The number of fused-ring (bicyclic) bond motifs is 1. The van der Waals surface area contributed by atoms with E-state index >= 15 is 0 Å². The summed E-state index contributed by atoms with van der Waals surface area (Å²) in [6.07, 6.45) is 1.51. The van der Waals surface area contributed by atoms with Gasteiger partial charge in [-0.05, 0) is 6.92 Å². The van der Waals surface area contributed by atoms with E-state index in [1.807, 2.05) is 0 Å². The Morgan fingerprint density at radius 2 is 1.69 bits per heavy atom. The third-order valence-corrected chi connectivity index (χ3v) is 4.66. The minimum atomic E-state index is -0.479. The lowest BCUT2D eigenvalue weighted by atomic mass is 9.62. The van der Waals surface area contributed by atoms with Gasteiger partial charge < -0.3 is 19.3 Å². The Kier molecular flexibility index (Phi) is 1.92. The molecule has 1 spiro atoms. The van der Waals surface area contributed by atoms with E-state index in [0.29, 0.717) is 13.2 Å². The molecule has 4 heteroatoms. The summed E-state index contributed by atoms with van der Waals surface area (Å²) in [6, 6.07) is 0. The molecule has 2 heterocycles. The Bertz CT molecular complexity index is 321. The molecular weight excluding hydrogens is 208 g/mol. The molecule has 0 aromatic heterocycles. The lowest BCUT2D eigenvalue weighted by Crippen LogP contribution is -2.55. The molecule has 16 heavy (non-hydrogen) atoms. The average Bonchev–Trinajstić information content (AvgIpc) is 2.56. The SMILES string of the molecule is CC1(C)CC2(C[C@]3(C)O[C@]13CO)OCCO2. The van der Waals surface area contributed by atoms with Crippen LogP contribution in [0.1, 0.15) is 33.6 Å². The highest BCUT2D eigenvalue weighted by molar-refractivity contribution is 5.25. The summed E-state index contributed by atoms with van der Waals surface area (Å²) in [4.78, 5) is 0. The Balaban J connectivity index is 1.95. The van der Waals surface area contributed by atoms with Crippen LogP contribution in [0.3, 0.4) is 0 Å². The molecule has 3 rings (SSSR count). The van der Waals surface area contributed by atoms with Crippen LogP contribution in [0.4, 0.5) is 0 Å². The quantitative estimate of drug-likeness (QED) is 0.682. The minimum Gasteiger partial charge on any atom is -0.393 e. The van der Waals surface area contributed by atoms with Gasteiger partial charge in [0.1, 0.15) is 11.2 Å². The second-order valence-electron chi connectivity index (χ2n) is 6.16. The Morgan fingerprint density at radius 1 is 1.06 bits per heavy atom. The van der Waals surface area contributed by atoms with Crippen molar-refractivity contribution in [2.45, 2.75) is 50.6 Å². The van der Waals surface area contributed by atoms with Crippen LogP contribution in [0.25, 0.3) is 0 Å². The van der Waals surface area contributed by atoms with Gasteiger partial charge in [-0.1, -0.05) is 13.8 Å². The minimum absolute atomic E-state index is 0.0760. The summed E-state index contributed by atoms with van der Waals surface area (Å²) in [5, 5.41) is 9.62. The molecule has 0 amide bonds. The Labute approximate surface area is 95.9 Å². The van der Waals surface area contributed by atoms with Crippen molar-refractivity contribution in [1.82, 2.24) is 0 Å². The molecule has 1 saturated carbocycles. The molecule has 2 saturated heterocycles. The summed E-state index contributed by atoms with van der Waals surface area (Å²) in [7, 11) is 0. The van der Waals surface area contributed by atoms with Crippen molar-refractivity contribution < 1.29 is 19.3 Å². The smallest absolute Gasteiger partial charge is 0.171 e. The first-order valence-corrected chi connectivity index (χ1v) is 5.98. The number of hydrogen-bond acceptors (Lipinski definition) is 4. The molecule has 4 nitrogen and oxygen atoms in total. The third kappa shape index (κ3) is 1.09. The maximum absolute atomic E-state index is 9.62. The highest BCUT2D eigenvalue weighted by Crippen LogP contribution is 2.68. The first-order chi connectivity index (χ1) is 7.39. The first-order valence-electron chi connectivity index (χ1n) is 5.98. The van der Waals surface area contributed by atoms with E-state index < -0.39 is 11.4 Å². The van der Waals surface area contributed by atoms with Crippen LogP contribution in [-0.2, 0) is 14.2 Å². The van der Waals surface area contributed by atoms with E-state index in [9.17, 15) is 5.11 Å². The zero-order chi connectivity index (χ0) is 11.7. The third-order valence-electron chi connectivity index (χ3n) is 4.66. The number of hydrogen-bond donors (Lipinski definition) is 1. The molecule has 3 aliphatic rings. The van der Waals surface area contributed by atoms with E-state index in [0.717, 1.165) is 12.8 Å². The predicted octanol–water partition coefficient (Wildman–Crippen LogP) is 1.07. The lowest BCUT2D eigenvalue weighted by Gasteiger charge is -2.45. The van der Waals surface area contributed by atoms with E-state index in [2.05, 4.69) is 20.8 Å². The number of aliphatic hydroxyl groups excluding tert-OH is 1. The van der Waals surface area contributed by atoms with Crippen molar-refractivity contribution in [3.05, 3.63) is 0 Å². The van der Waals surface area contributed by atoms with Gasteiger partial charge in [-0.3, -0.25) is 0 Å². The fourth-order valence-electron chi connectivity index (χ4n) is 3.90. The van der Waals surface area contributed by atoms with Crippen LogP contribution in [0.5, 0.6) is 0 Å². The summed E-state index contributed by atoms with van der Waals surface area (Å²) < 4.78 is 17.5. The molecule has 2 atom stereocenters. The first kappa shape index (κ1) is 11.0. The molecule has 0 bridgehead atoms. The molecule has 0 aromatic carbocycles. The highest BCUT2D eigenvalue weighted by Gasteiger charge is 2.79. The van der Waals surface area contributed by atoms with Gasteiger partial charge in [-0.25, -0.2) is 0 Å². The topological polar surface area (TPSA) is 51.2 Å². The number of ether oxygens (including phenoxy) is 3. The van der Waals surface area contributed by atoms with Crippen LogP contribution in [0, 0.1) is 5.41 Å².